The zero-order valence-corrected chi connectivity index (χ0v) is 6.56. The third-order valence-electron chi connectivity index (χ3n) is 1.14. The van der Waals surface area contributed by atoms with Gasteiger partial charge in [0.05, 0.1) is 22.7 Å². The molecule has 1 rings (SSSR count). The van der Waals surface area contributed by atoms with Crippen molar-refractivity contribution in [1.82, 2.24) is 4.98 Å². The van der Waals surface area contributed by atoms with Gasteiger partial charge in [0, 0.05) is 0 Å². The van der Waals surface area contributed by atoms with Crippen molar-refractivity contribution in [3.8, 4) is 0 Å². The maximum atomic E-state index is 8.74. The van der Waals surface area contributed by atoms with Crippen LogP contribution in [0.4, 0.5) is 0 Å². The fourth-order valence-corrected chi connectivity index (χ4v) is 1.45. The molecule has 0 aliphatic heterocycles. The van der Waals surface area contributed by atoms with Crippen LogP contribution in [0.15, 0.2) is 11.6 Å². The predicted molar refractivity (Wildman–Crippen MR) is 42.7 cm³/mol. The minimum absolute atomic E-state index is 0.0309. The molecule has 54 valence electrons. The molecule has 2 nitrogen and oxygen atoms in total. The predicted octanol–water partition coefficient (Wildman–Crippen LogP) is 1.67. The van der Waals surface area contributed by atoms with E-state index in [1.165, 1.54) is 0 Å². The van der Waals surface area contributed by atoms with Crippen LogP contribution in [0, 0.1) is 0 Å². The molecule has 0 spiro atoms. The normalized spacial score (nSPS) is 11.0. The highest BCUT2D eigenvalue weighted by molar-refractivity contribution is 7.10. The van der Waals surface area contributed by atoms with Crippen molar-refractivity contribution in [3.05, 3.63) is 22.2 Å². The summed E-state index contributed by atoms with van der Waals surface area (Å²) in [5.41, 5.74) is 2.50. The van der Waals surface area contributed by atoms with E-state index in [2.05, 4.69) is 4.98 Å². The van der Waals surface area contributed by atoms with Crippen LogP contribution in [0.1, 0.15) is 17.5 Å². The van der Waals surface area contributed by atoms with Crippen LogP contribution >= 0.6 is 11.3 Å². The molecule has 0 saturated carbocycles. The van der Waals surface area contributed by atoms with Gasteiger partial charge in [-0.1, -0.05) is 6.08 Å². The number of rotatable bonds is 2. The second kappa shape index (κ2) is 3.49. The van der Waals surface area contributed by atoms with E-state index in [1.54, 1.807) is 16.8 Å². The van der Waals surface area contributed by atoms with Gasteiger partial charge in [-0.3, -0.25) is 0 Å². The maximum Gasteiger partial charge on any atom is 0.0867 e. The number of hydrogen-bond donors (Lipinski definition) is 1. The van der Waals surface area contributed by atoms with Crippen LogP contribution in [-0.4, -0.2) is 10.1 Å². The van der Waals surface area contributed by atoms with Gasteiger partial charge in [0.25, 0.3) is 0 Å². The molecule has 10 heavy (non-hydrogen) atoms. The van der Waals surface area contributed by atoms with Gasteiger partial charge in [0.15, 0.2) is 0 Å². The van der Waals surface area contributed by atoms with Gasteiger partial charge in [-0.05, 0) is 13.0 Å². The number of aliphatic hydroxyl groups excluding tert-OH is 1. The van der Waals surface area contributed by atoms with E-state index in [-0.39, 0.29) is 6.61 Å². The van der Waals surface area contributed by atoms with E-state index in [0.717, 1.165) is 10.6 Å². The van der Waals surface area contributed by atoms with E-state index in [1.807, 2.05) is 19.1 Å². The van der Waals surface area contributed by atoms with Gasteiger partial charge in [0.2, 0.25) is 0 Å². The lowest BCUT2D eigenvalue weighted by molar-refractivity contribution is 0.277. The Morgan fingerprint density at radius 2 is 2.60 bits per heavy atom. The Morgan fingerprint density at radius 3 is 3.20 bits per heavy atom. The first-order valence-electron chi connectivity index (χ1n) is 3.04. The topological polar surface area (TPSA) is 33.1 Å². The quantitative estimate of drug-likeness (QED) is 0.704. The molecule has 0 amide bonds. The fourth-order valence-electron chi connectivity index (χ4n) is 0.684. The standard InChI is InChI=1S/C7H9NOS/c1-2-3-7-6(4-9)8-5-10-7/h2-3,5,9H,4H2,1H3/b3-2-. The van der Waals surface area contributed by atoms with Gasteiger partial charge in [0.1, 0.15) is 0 Å². The summed E-state index contributed by atoms with van der Waals surface area (Å²) < 4.78 is 0. The summed E-state index contributed by atoms with van der Waals surface area (Å²) in [6.07, 6.45) is 3.88. The van der Waals surface area contributed by atoms with E-state index in [9.17, 15) is 0 Å². The highest BCUT2D eigenvalue weighted by Crippen LogP contribution is 2.14. The van der Waals surface area contributed by atoms with Crippen molar-refractivity contribution in [3.63, 3.8) is 0 Å². The van der Waals surface area contributed by atoms with Crippen LogP contribution in [0.5, 0.6) is 0 Å². The van der Waals surface area contributed by atoms with E-state index >= 15 is 0 Å². The second-order valence-corrected chi connectivity index (χ2v) is 2.71. The maximum absolute atomic E-state index is 8.74. The molecule has 0 radical (unpaired) electrons. The Hall–Kier alpha value is -0.670. The number of aromatic nitrogens is 1. The number of thiazole rings is 1. The molecule has 1 N–H and O–H groups in total. The Labute approximate surface area is 63.9 Å². The monoisotopic (exact) mass is 155 g/mol. The van der Waals surface area contributed by atoms with Crippen molar-refractivity contribution in [1.29, 1.82) is 0 Å². The first-order chi connectivity index (χ1) is 4.88. The molecule has 0 aliphatic carbocycles. The molecule has 1 heterocycles. The zero-order valence-electron chi connectivity index (χ0n) is 5.74. The summed E-state index contributed by atoms with van der Waals surface area (Å²) in [6.45, 7) is 1.98. The van der Waals surface area contributed by atoms with Crippen molar-refractivity contribution in [2.45, 2.75) is 13.5 Å². The third-order valence-corrected chi connectivity index (χ3v) is 1.98. The lowest BCUT2D eigenvalue weighted by Gasteiger charge is -1.88. The summed E-state index contributed by atoms with van der Waals surface area (Å²) in [5.74, 6) is 0. The lowest BCUT2D eigenvalue weighted by Crippen LogP contribution is -1.83. The molecule has 0 unspecified atom stereocenters. The van der Waals surface area contributed by atoms with Crippen LogP contribution in [0.3, 0.4) is 0 Å². The third kappa shape index (κ3) is 1.43. The lowest BCUT2D eigenvalue weighted by atomic mass is 10.3. The van der Waals surface area contributed by atoms with Crippen molar-refractivity contribution in [2.24, 2.45) is 0 Å². The molecular formula is C7H9NOS. The Kier molecular flexibility index (Phi) is 2.59. The van der Waals surface area contributed by atoms with Gasteiger partial charge in [-0.15, -0.1) is 11.3 Å². The molecular weight excluding hydrogens is 146 g/mol. The number of aliphatic hydroxyl groups is 1. The van der Waals surface area contributed by atoms with Crippen molar-refractivity contribution >= 4 is 17.4 Å². The highest BCUT2D eigenvalue weighted by Gasteiger charge is 1.98. The smallest absolute Gasteiger partial charge is 0.0867 e. The van der Waals surface area contributed by atoms with Gasteiger partial charge in [-0.2, -0.15) is 0 Å². The van der Waals surface area contributed by atoms with Gasteiger partial charge < -0.3 is 5.11 Å². The van der Waals surface area contributed by atoms with Crippen molar-refractivity contribution < 1.29 is 5.11 Å². The summed E-state index contributed by atoms with van der Waals surface area (Å²) in [7, 11) is 0. The molecule has 1 aromatic heterocycles. The summed E-state index contributed by atoms with van der Waals surface area (Å²) in [5, 5.41) is 8.74. The largest absolute Gasteiger partial charge is 0.390 e. The molecule has 0 atom stereocenters. The van der Waals surface area contributed by atoms with Crippen molar-refractivity contribution in [2.75, 3.05) is 0 Å². The molecule has 0 saturated heterocycles. The average molecular weight is 155 g/mol. The summed E-state index contributed by atoms with van der Waals surface area (Å²) in [4.78, 5) is 5.02. The Morgan fingerprint density at radius 1 is 1.80 bits per heavy atom. The summed E-state index contributed by atoms with van der Waals surface area (Å²) >= 11 is 1.54. The van der Waals surface area contributed by atoms with Crippen LogP contribution in [0.25, 0.3) is 6.08 Å². The number of nitrogens with zero attached hydrogens (tertiary/aromatic N) is 1. The molecule has 0 aromatic carbocycles. The molecule has 1 aromatic rings. The number of allylic oxidation sites excluding steroid dienone is 1. The van der Waals surface area contributed by atoms with Crippen LogP contribution < -0.4 is 0 Å². The van der Waals surface area contributed by atoms with Gasteiger partial charge in [-0.25, -0.2) is 4.98 Å². The minimum Gasteiger partial charge on any atom is -0.390 e. The van der Waals surface area contributed by atoms with E-state index in [4.69, 9.17) is 5.11 Å². The van der Waals surface area contributed by atoms with E-state index in [0.29, 0.717) is 0 Å². The molecule has 0 bridgehead atoms. The zero-order chi connectivity index (χ0) is 7.40. The van der Waals surface area contributed by atoms with E-state index < -0.39 is 0 Å². The SMILES string of the molecule is C/C=C\c1scnc1CO. The van der Waals surface area contributed by atoms with Crippen LogP contribution in [-0.2, 0) is 6.61 Å². The fraction of sp³-hybridized carbons (Fsp3) is 0.286. The molecule has 3 heteroatoms. The molecule has 0 aliphatic rings. The Bertz CT molecular complexity index is 229. The first-order valence-corrected chi connectivity index (χ1v) is 3.92. The first kappa shape index (κ1) is 7.44. The second-order valence-electron chi connectivity index (χ2n) is 1.82. The van der Waals surface area contributed by atoms with Crippen LogP contribution in [0.2, 0.25) is 0 Å². The average Bonchev–Trinajstić information content (AvgIpc) is 2.36. The minimum atomic E-state index is 0.0309. The highest BCUT2D eigenvalue weighted by atomic mass is 32.1. The summed E-state index contributed by atoms with van der Waals surface area (Å²) in [6, 6.07) is 0. The molecule has 0 fully saturated rings. The van der Waals surface area contributed by atoms with Gasteiger partial charge >= 0.3 is 0 Å². The number of hydrogen-bond acceptors (Lipinski definition) is 3. The Balaban J connectivity index is 2.90.